The first-order valence-corrected chi connectivity index (χ1v) is 5.32. The van der Waals surface area contributed by atoms with Gasteiger partial charge in [-0.25, -0.2) is 4.39 Å². The van der Waals surface area contributed by atoms with E-state index in [1.165, 1.54) is 12.1 Å². The number of anilines is 1. The molecule has 0 amide bonds. The molecule has 2 rings (SSSR count). The van der Waals surface area contributed by atoms with Crippen LogP contribution in [-0.4, -0.2) is 7.11 Å². The van der Waals surface area contributed by atoms with E-state index < -0.39 is 0 Å². The molecule has 2 aromatic rings. The summed E-state index contributed by atoms with van der Waals surface area (Å²) in [6, 6.07) is 10.1. The molecule has 2 N–H and O–H groups in total. The van der Waals surface area contributed by atoms with Crippen LogP contribution in [0.4, 0.5) is 10.1 Å². The van der Waals surface area contributed by atoms with E-state index >= 15 is 0 Å². The molecule has 17 heavy (non-hydrogen) atoms. The topological polar surface area (TPSA) is 35.2 Å². The lowest BCUT2D eigenvalue weighted by atomic mass is 10.0. The van der Waals surface area contributed by atoms with Gasteiger partial charge in [0.1, 0.15) is 11.6 Å². The van der Waals surface area contributed by atoms with Crippen molar-refractivity contribution in [3.63, 3.8) is 0 Å². The number of hydrogen-bond acceptors (Lipinski definition) is 2. The quantitative estimate of drug-likeness (QED) is 0.804. The SMILES string of the molecule is COc1ccc(C)cc1-c1cc(F)ccc1N. The molecule has 0 spiro atoms. The highest BCUT2D eigenvalue weighted by molar-refractivity contribution is 5.80. The van der Waals surface area contributed by atoms with Crippen molar-refractivity contribution in [2.75, 3.05) is 12.8 Å². The molecule has 0 saturated carbocycles. The second-order valence-corrected chi connectivity index (χ2v) is 3.94. The van der Waals surface area contributed by atoms with Gasteiger partial charge in [0.25, 0.3) is 0 Å². The molecule has 0 radical (unpaired) electrons. The molecule has 88 valence electrons. The molecule has 0 atom stereocenters. The Kier molecular flexibility index (Phi) is 3.00. The van der Waals surface area contributed by atoms with Crippen LogP contribution in [0.2, 0.25) is 0 Å². The molecule has 2 aromatic carbocycles. The van der Waals surface area contributed by atoms with E-state index in [-0.39, 0.29) is 5.82 Å². The lowest BCUT2D eigenvalue weighted by Gasteiger charge is -2.11. The van der Waals surface area contributed by atoms with E-state index in [2.05, 4.69) is 0 Å². The van der Waals surface area contributed by atoms with Gasteiger partial charge >= 0.3 is 0 Å². The van der Waals surface area contributed by atoms with Gasteiger partial charge in [-0.05, 0) is 37.3 Å². The number of aryl methyl sites for hydroxylation is 1. The van der Waals surface area contributed by atoms with Gasteiger partial charge < -0.3 is 10.5 Å². The summed E-state index contributed by atoms with van der Waals surface area (Å²) in [6.45, 7) is 1.97. The normalized spacial score (nSPS) is 10.3. The monoisotopic (exact) mass is 231 g/mol. The Balaban J connectivity index is 2.66. The van der Waals surface area contributed by atoms with Crippen LogP contribution in [0.3, 0.4) is 0 Å². The Labute approximate surface area is 99.8 Å². The number of benzene rings is 2. The zero-order valence-corrected chi connectivity index (χ0v) is 9.83. The highest BCUT2D eigenvalue weighted by Crippen LogP contribution is 2.34. The molecule has 0 unspecified atom stereocenters. The summed E-state index contributed by atoms with van der Waals surface area (Å²) in [6.07, 6.45) is 0. The Morgan fingerprint density at radius 3 is 2.53 bits per heavy atom. The number of rotatable bonds is 2. The van der Waals surface area contributed by atoms with Crippen molar-refractivity contribution >= 4 is 5.69 Å². The molecular weight excluding hydrogens is 217 g/mol. The highest BCUT2D eigenvalue weighted by atomic mass is 19.1. The first-order valence-electron chi connectivity index (χ1n) is 5.32. The summed E-state index contributed by atoms with van der Waals surface area (Å²) in [5.41, 5.74) is 8.95. The van der Waals surface area contributed by atoms with Crippen LogP contribution in [0.15, 0.2) is 36.4 Å². The molecule has 0 aliphatic rings. The first-order chi connectivity index (χ1) is 8.11. The summed E-state index contributed by atoms with van der Waals surface area (Å²) >= 11 is 0. The highest BCUT2D eigenvalue weighted by Gasteiger charge is 2.10. The van der Waals surface area contributed by atoms with Crippen LogP contribution in [0.25, 0.3) is 11.1 Å². The lowest BCUT2D eigenvalue weighted by molar-refractivity contribution is 0.416. The lowest BCUT2D eigenvalue weighted by Crippen LogP contribution is -1.94. The van der Waals surface area contributed by atoms with E-state index in [1.54, 1.807) is 13.2 Å². The third-order valence-electron chi connectivity index (χ3n) is 2.66. The number of hydrogen-bond donors (Lipinski definition) is 1. The van der Waals surface area contributed by atoms with Crippen LogP contribution in [0.1, 0.15) is 5.56 Å². The predicted molar refractivity (Wildman–Crippen MR) is 67.5 cm³/mol. The second-order valence-electron chi connectivity index (χ2n) is 3.94. The maximum Gasteiger partial charge on any atom is 0.126 e. The number of nitrogen functional groups attached to an aromatic ring is 1. The first kappa shape index (κ1) is 11.5. The molecular formula is C14H14FNO. The fourth-order valence-electron chi connectivity index (χ4n) is 1.79. The van der Waals surface area contributed by atoms with Crippen molar-refractivity contribution in [3.8, 4) is 16.9 Å². The van der Waals surface area contributed by atoms with Crippen LogP contribution >= 0.6 is 0 Å². The molecule has 3 heteroatoms. The standard InChI is InChI=1S/C14H14FNO/c1-9-3-6-14(17-2)12(7-9)11-8-10(15)4-5-13(11)16/h3-8H,16H2,1-2H3. The van der Waals surface area contributed by atoms with E-state index in [1.807, 2.05) is 25.1 Å². The minimum absolute atomic E-state index is 0.308. The summed E-state index contributed by atoms with van der Waals surface area (Å²) in [7, 11) is 1.59. The summed E-state index contributed by atoms with van der Waals surface area (Å²) < 4.78 is 18.5. The van der Waals surface area contributed by atoms with Gasteiger partial charge in [-0.2, -0.15) is 0 Å². The molecule has 0 fully saturated rings. The van der Waals surface area contributed by atoms with Crippen molar-refractivity contribution < 1.29 is 9.13 Å². The van der Waals surface area contributed by atoms with Crippen LogP contribution in [0, 0.1) is 12.7 Å². The number of nitrogens with two attached hydrogens (primary N) is 1. The van der Waals surface area contributed by atoms with Gasteiger partial charge in [-0.15, -0.1) is 0 Å². The van der Waals surface area contributed by atoms with Crippen LogP contribution in [0.5, 0.6) is 5.75 Å². The third-order valence-corrected chi connectivity index (χ3v) is 2.66. The maximum absolute atomic E-state index is 13.3. The number of halogens is 1. The zero-order valence-electron chi connectivity index (χ0n) is 9.83. The number of ether oxygens (including phenoxy) is 1. The van der Waals surface area contributed by atoms with Gasteiger partial charge in [-0.1, -0.05) is 11.6 Å². The van der Waals surface area contributed by atoms with Crippen molar-refractivity contribution in [1.29, 1.82) is 0 Å². The summed E-state index contributed by atoms with van der Waals surface area (Å²) in [5, 5.41) is 0. The van der Waals surface area contributed by atoms with E-state index in [9.17, 15) is 4.39 Å². The fraction of sp³-hybridized carbons (Fsp3) is 0.143. The zero-order chi connectivity index (χ0) is 12.4. The minimum atomic E-state index is -0.308. The van der Waals surface area contributed by atoms with Crippen molar-refractivity contribution in [1.82, 2.24) is 0 Å². The van der Waals surface area contributed by atoms with Crippen molar-refractivity contribution in [3.05, 3.63) is 47.8 Å². The molecule has 0 aliphatic heterocycles. The smallest absolute Gasteiger partial charge is 0.126 e. The molecule has 0 heterocycles. The van der Waals surface area contributed by atoms with Crippen molar-refractivity contribution in [2.45, 2.75) is 6.92 Å². The van der Waals surface area contributed by atoms with Crippen LogP contribution < -0.4 is 10.5 Å². The van der Waals surface area contributed by atoms with Crippen LogP contribution in [-0.2, 0) is 0 Å². The average Bonchev–Trinajstić information content (AvgIpc) is 2.32. The molecule has 0 saturated heterocycles. The largest absolute Gasteiger partial charge is 0.496 e. The molecule has 0 aromatic heterocycles. The second kappa shape index (κ2) is 4.45. The summed E-state index contributed by atoms with van der Waals surface area (Å²) in [5.74, 6) is 0.380. The van der Waals surface area contributed by atoms with Gasteiger partial charge in [0.2, 0.25) is 0 Å². The molecule has 0 aliphatic carbocycles. The van der Waals surface area contributed by atoms with E-state index in [0.717, 1.165) is 11.1 Å². The fourth-order valence-corrected chi connectivity index (χ4v) is 1.79. The van der Waals surface area contributed by atoms with Gasteiger partial charge in [0, 0.05) is 16.8 Å². The minimum Gasteiger partial charge on any atom is -0.496 e. The number of methoxy groups -OCH3 is 1. The average molecular weight is 231 g/mol. The Morgan fingerprint density at radius 2 is 1.82 bits per heavy atom. The van der Waals surface area contributed by atoms with Gasteiger partial charge in [0.15, 0.2) is 0 Å². The molecule has 2 nitrogen and oxygen atoms in total. The van der Waals surface area contributed by atoms with E-state index in [4.69, 9.17) is 10.5 Å². The van der Waals surface area contributed by atoms with Gasteiger partial charge in [-0.3, -0.25) is 0 Å². The third kappa shape index (κ3) is 2.23. The summed E-state index contributed by atoms with van der Waals surface area (Å²) in [4.78, 5) is 0. The van der Waals surface area contributed by atoms with Gasteiger partial charge in [0.05, 0.1) is 7.11 Å². The van der Waals surface area contributed by atoms with E-state index in [0.29, 0.717) is 17.0 Å². The van der Waals surface area contributed by atoms with Crippen molar-refractivity contribution in [2.24, 2.45) is 0 Å². The molecule has 0 bridgehead atoms. The Hall–Kier alpha value is -2.03. The Bertz CT molecular complexity index is 552. The predicted octanol–water partition coefficient (Wildman–Crippen LogP) is 3.39. The maximum atomic E-state index is 13.3. The Morgan fingerprint density at radius 1 is 1.06 bits per heavy atom.